The van der Waals surface area contributed by atoms with E-state index in [1.807, 2.05) is 35.0 Å². The van der Waals surface area contributed by atoms with Gasteiger partial charge in [0.25, 0.3) is 0 Å². The zero-order valence-corrected chi connectivity index (χ0v) is 17.4. The van der Waals surface area contributed by atoms with E-state index in [0.29, 0.717) is 0 Å². The smallest absolute Gasteiger partial charge is 0.142 e. The summed E-state index contributed by atoms with van der Waals surface area (Å²) in [7, 11) is 0. The average Bonchev–Trinajstić information content (AvgIpc) is 3.20. The topological polar surface area (TPSA) is 29.9 Å². The summed E-state index contributed by atoms with van der Waals surface area (Å²) in [5.41, 5.74) is 7.50. The maximum atomic E-state index is 5.11. The van der Waals surface area contributed by atoms with Gasteiger partial charge in [-0.15, -0.1) is 0 Å². The molecule has 0 unspecified atom stereocenters. The zero-order chi connectivity index (χ0) is 21.0. The molecule has 1 aromatic heterocycles. The highest BCUT2D eigenvalue weighted by Crippen LogP contribution is 2.40. The number of hydrogen-bond acceptors (Lipinski definition) is 2. The molecule has 0 bridgehead atoms. The summed E-state index contributed by atoms with van der Waals surface area (Å²) < 4.78 is 2.01. The van der Waals surface area contributed by atoms with Crippen LogP contribution in [0.4, 0.5) is 11.5 Å². The fourth-order valence-electron chi connectivity index (χ4n) is 3.74. The van der Waals surface area contributed by atoms with Crippen molar-refractivity contribution in [2.24, 2.45) is 0 Å². The quantitative estimate of drug-likeness (QED) is 0.336. The predicted molar refractivity (Wildman–Crippen MR) is 129 cm³/mol. The molecule has 0 aliphatic heterocycles. The largest absolute Gasteiger partial charge is 0.340 e. The molecule has 31 heavy (non-hydrogen) atoms. The highest BCUT2D eigenvalue weighted by atomic mass is 15.3. The van der Waals surface area contributed by atoms with Crippen molar-refractivity contribution < 1.29 is 0 Å². The molecule has 0 aliphatic carbocycles. The minimum Gasteiger partial charge on any atom is -0.340 e. The molecule has 0 aliphatic rings. The molecule has 0 radical (unpaired) electrons. The number of anilines is 2. The van der Waals surface area contributed by atoms with Crippen molar-refractivity contribution in [3.05, 3.63) is 121 Å². The standard InChI is InChI=1S/C28H23N3/c1-21-17-19-25(20-18-21)31-28(29-24-15-9-4-10-16-24)26(22-11-5-2-6-12-22)27(30-31)23-13-7-3-8-14-23/h2-20,29H,1H3. The monoisotopic (exact) mass is 401 g/mol. The lowest BCUT2D eigenvalue weighted by atomic mass is 10.0. The van der Waals surface area contributed by atoms with Crippen LogP contribution in [0, 0.1) is 6.92 Å². The van der Waals surface area contributed by atoms with Gasteiger partial charge in [-0.25, -0.2) is 4.68 Å². The maximum absolute atomic E-state index is 5.11. The fourth-order valence-corrected chi connectivity index (χ4v) is 3.74. The van der Waals surface area contributed by atoms with Crippen LogP contribution in [0.5, 0.6) is 0 Å². The molecule has 3 nitrogen and oxygen atoms in total. The first-order chi connectivity index (χ1) is 15.3. The average molecular weight is 402 g/mol. The van der Waals surface area contributed by atoms with Crippen molar-refractivity contribution in [1.29, 1.82) is 0 Å². The minimum absolute atomic E-state index is 0.945. The lowest BCUT2D eigenvalue weighted by Crippen LogP contribution is -2.03. The van der Waals surface area contributed by atoms with Gasteiger partial charge in [0.15, 0.2) is 0 Å². The van der Waals surface area contributed by atoms with Crippen LogP contribution in [-0.2, 0) is 0 Å². The molecule has 1 N–H and O–H groups in total. The lowest BCUT2D eigenvalue weighted by molar-refractivity contribution is 0.891. The first-order valence-electron chi connectivity index (χ1n) is 10.4. The third-order valence-corrected chi connectivity index (χ3v) is 5.31. The van der Waals surface area contributed by atoms with E-state index in [-0.39, 0.29) is 0 Å². The van der Waals surface area contributed by atoms with Crippen molar-refractivity contribution >= 4 is 11.5 Å². The second-order valence-electron chi connectivity index (χ2n) is 7.54. The van der Waals surface area contributed by atoms with Crippen LogP contribution in [-0.4, -0.2) is 9.78 Å². The molecule has 0 atom stereocenters. The van der Waals surface area contributed by atoms with Gasteiger partial charge in [0, 0.05) is 11.3 Å². The number of hydrogen-bond donors (Lipinski definition) is 1. The summed E-state index contributed by atoms with van der Waals surface area (Å²) in [6, 6.07) is 39.5. The normalized spacial score (nSPS) is 10.7. The van der Waals surface area contributed by atoms with Gasteiger partial charge >= 0.3 is 0 Å². The van der Waals surface area contributed by atoms with Gasteiger partial charge in [-0.3, -0.25) is 0 Å². The second kappa shape index (κ2) is 8.33. The summed E-state index contributed by atoms with van der Waals surface area (Å²) in [5.74, 6) is 0.945. The fraction of sp³-hybridized carbons (Fsp3) is 0.0357. The first kappa shape index (κ1) is 18.9. The van der Waals surface area contributed by atoms with Gasteiger partial charge in [-0.05, 0) is 36.8 Å². The Bertz CT molecular complexity index is 1270. The molecule has 150 valence electrons. The Morgan fingerprint density at radius 2 is 1.16 bits per heavy atom. The molecular formula is C28H23N3. The van der Waals surface area contributed by atoms with Crippen LogP contribution in [0.15, 0.2) is 115 Å². The highest BCUT2D eigenvalue weighted by molar-refractivity contribution is 5.91. The van der Waals surface area contributed by atoms with Crippen molar-refractivity contribution in [1.82, 2.24) is 9.78 Å². The first-order valence-corrected chi connectivity index (χ1v) is 10.4. The van der Waals surface area contributed by atoms with Crippen molar-refractivity contribution in [3.63, 3.8) is 0 Å². The SMILES string of the molecule is Cc1ccc(-n2nc(-c3ccccc3)c(-c3ccccc3)c2Nc2ccccc2)cc1. The van der Waals surface area contributed by atoms with Gasteiger partial charge in [0.2, 0.25) is 0 Å². The van der Waals surface area contributed by atoms with Crippen molar-refractivity contribution in [3.8, 4) is 28.1 Å². The summed E-state index contributed by atoms with van der Waals surface area (Å²) >= 11 is 0. The van der Waals surface area contributed by atoms with Crippen LogP contribution >= 0.6 is 0 Å². The van der Waals surface area contributed by atoms with Crippen LogP contribution < -0.4 is 5.32 Å². The van der Waals surface area contributed by atoms with Crippen LogP contribution in [0.2, 0.25) is 0 Å². The summed E-state index contributed by atoms with van der Waals surface area (Å²) in [6.07, 6.45) is 0. The van der Waals surface area contributed by atoms with Crippen molar-refractivity contribution in [2.45, 2.75) is 6.92 Å². The Hall–Kier alpha value is -4.11. The van der Waals surface area contributed by atoms with Gasteiger partial charge in [-0.2, -0.15) is 5.10 Å². The highest BCUT2D eigenvalue weighted by Gasteiger charge is 2.22. The summed E-state index contributed by atoms with van der Waals surface area (Å²) in [4.78, 5) is 0. The molecule has 1 heterocycles. The molecule has 5 rings (SSSR count). The van der Waals surface area contributed by atoms with Crippen molar-refractivity contribution in [2.75, 3.05) is 5.32 Å². The van der Waals surface area contributed by atoms with E-state index in [9.17, 15) is 0 Å². The predicted octanol–water partition coefficient (Wildman–Crippen LogP) is 7.26. The minimum atomic E-state index is 0.945. The number of rotatable bonds is 5. The van der Waals surface area contributed by atoms with Crippen LogP contribution in [0.25, 0.3) is 28.1 Å². The molecule has 0 saturated carbocycles. The van der Waals surface area contributed by atoms with E-state index in [1.165, 1.54) is 5.56 Å². The van der Waals surface area contributed by atoms with Crippen LogP contribution in [0.1, 0.15) is 5.56 Å². The van der Waals surface area contributed by atoms with Gasteiger partial charge in [-0.1, -0.05) is 96.6 Å². The number of aromatic nitrogens is 2. The third kappa shape index (κ3) is 3.86. The van der Waals surface area contributed by atoms with Gasteiger partial charge in [0.05, 0.1) is 11.3 Å². The molecule has 0 spiro atoms. The molecule has 0 amide bonds. The van der Waals surface area contributed by atoms with Gasteiger partial charge in [0.1, 0.15) is 11.5 Å². The molecular weight excluding hydrogens is 378 g/mol. The second-order valence-corrected chi connectivity index (χ2v) is 7.54. The molecule has 4 aromatic carbocycles. The molecule has 0 saturated heterocycles. The van der Waals surface area contributed by atoms with E-state index in [4.69, 9.17) is 5.10 Å². The third-order valence-electron chi connectivity index (χ3n) is 5.31. The summed E-state index contributed by atoms with van der Waals surface area (Å²) in [6.45, 7) is 2.10. The summed E-state index contributed by atoms with van der Waals surface area (Å²) in [5, 5.41) is 8.75. The van der Waals surface area contributed by atoms with E-state index >= 15 is 0 Å². The number of nitrogens with one attached hydrogen (secondary N) is 1. The molecule has 3 heteroatoms. The Morgan fingerprint density at radius 1 is 0.613 bits per heavy atom. The Balaban J connectivity index is 1.79. The van der Waals surface area contributed by atoms with E-state index < -0.39 is 0 Å². The number of para-hydroxylation sites is 1. The number of nitrogens with zero attached hydrogens (tertiary/aromatic N) is 2. The van der Waals surface area contributed by atoms with E-state index in [2.05, 4.69) is 97.2 Å². The Labute approximate surface area is 182 Å². The molecule has 5 aromatic rings. The van der Waals surface area contributed by atoms with Crippen LogP contribution in [0.3, 0.4) is 0 Å². The molecule has 0 fully saturated rings. The number of aryl methyl sites for hydroxylation is 1. The van der Waals surface area contributed by atoms with E-state index in [1.54, 1.807) is 0 Å². The van der Waals surface area contributed by atoms with E-state index in [0.717, 1.165) is 39.6 Å². The maximum Gasteiger partial charge on any atom is 0.142 e. The zero-order valence-electron chi connectivity index (χ0n) is 17.4. The Kier molecular flexibility index (Phi) is 5.07. The van der Waals surface area contributed by atoms with Gasteiger partial charge < -0.3 is 5.32 Å². The Morgan fingerprint density at radius 3 is 1.77 bits per heavy atom. The lowest BCUT2D eigenvalue weighted by Gasteiger charge is -2.13. The number of benzene rings is 4.